The fraction of sp³-hybridized carbons (Fsp3) is 0.103. The Kier molecular flexibility index (Phi) is 3.58. The van der Waals surface area contributed by atoms with Crippen LogP contribution >= 0.6 is 0 Å². The van der Waals surface area contributed by atoms with Gasteiger partial charge < -0.3 is 4.57 Å². The molecule has 0 saturated heterocycles. The number of fused-ring (bicyclic) bond motifs is 5. The fourth-order valence-corrected chi connectivity index (χ4v) is 5.09. The maximum absolute atomic E-state index is 2.34. The molecule has 0 amide bonds. The monoisotopic (exact) mass is 385 g/mol. The Bertz CT molecular complexity index is 1390. The van der Waals surface area contributed by atoms with Gasteiger partial charge in [-0.15, -0.1) is 0 Å². The van der Waals surface area contributed by atoms with Crippen molar-refractivity contribution in [1.82, 2.24) is 4.57 Å². The van der Waals surface area contributed by atoms with Crippen LogP contribution < -0.4 is 0 Å². The molecular weight excluding hydrogens is 362 g/mol. The molecule has 0 atom stereocenters. The molecule has 0 N–H and O–H groups in total. The van der Waals surface area contributed by atoms with E-state index >= 15 is 0 Å². The van der Waals surface area contributed by atoms with E-state index in [1.54, 1.807) is 0 Å². The van der Waals surface area contributed by atoms with Crippen molar-refractivity contribution >= 4 is 10.9 Å². The summed E-state index contributed by atoms with van der Waals surface area (Å²) in [6, 6.07) is 35.1. The van der Waals surface area contributed by atoms with Gasteiger partial charge in [-0.05, 0) is 57.6 Å². The molecule has 0 unspecified atom stereocenters. The van der Waals surface area contributed by atoms with Gasteiger partial charge in [0.25, 0.3) is 0 Å². The van der Waals surface area contributed by atoms with Crippen LogP contribution in [-0.2, 0) is 5.41 Å². The quantitative estimate of drug-likeness (QED) is 0.295. The smallest absolute Gasteiger partial charge is 0.0534 e. The number of benzene rings is 4. The Hall–Kier alpha value is -3.58. The standard InChI is InChI=1S/C29H23N/c1-29(2)25-11-7-6-10-23(25)28-24-18-19-30(27(24)17-16-26(28)29)22-14-12-21(13-15-22)20-8-4-3-5-9-20/h3-19H,1-2H3. The van der Waals surface area contributed by atoms with Crippen LogP contribution in [-0.4, -0.2) is 4.57 Å². The Morgan fingerprint density at radius 3 is 2.10 bits per heavy atom. The summed E-state index contributed by atoms with van der Waals surface area (Å²) in [6.45, 7) is 4.67. The highest BCUT2D eigenvalue weighted by molar-refractivity contribution is 6.02. The first kappa shape index (κ1) is 17.3. The first-order valence-corrected chi connectivity index (χ1v) is 10.5. The molecule has 1 aromatic heterocycles. The van der Waals surface area contributed by atoms with Crippen LogP contribution in [0.25, 0.3) is 38.8 Å². The molecule has 0 radical (unpaired) electrons. The van der Waals surface area contributed by atoms with Gasteiger partial charge in [0.2, 0.25) is 0 Å². The lowest BCUT2D eigenvalue weighted by molar-refractivity contribution is 0.661. The minimum Gasteiger partial charge on any atom is -0.317 e. The van der Waals surface area contributed by atoms with Gasteiger partial charge in [-0.2, -0.15) is 0 Å². The predicted octanol–water partition coefficient (Wildman–Crippen LogP) is 7.60. The summed E-state index contributed by atoms with van der Waals surface area (Å²) in [5.41, 5.74) is 10.6. The first-order valence-electron chi connectivity index (χ1n) is 10.5. The number of hydrogen-bond donors (Lipinski definition) is 0. The molecule has 1 heterocycles. The van der Waals surface area contributed by atoms with E-state index in [1.807, 2.05) is 0 Å². The van der Waals surface area contributed by atoms with Crippen molar-refractivity contribution < 1.29 is 0 Å². The zero-order chi connectivity index (χ0) is 20.3. The molecule has 0 fully saturated rings. The third kappa shape index (κ3) is 2.35. The average Bonchev–Trinajstić information content (AvgIpc) is 3.32. The average molecular weight is 386 g/mol. The third-order valence-electron chi connectivity index (χ3n) is 6.67. The molecule has 0 saturated carbocycles. The van der Waals surface area contributed by atoms with E-state index in [1.165, 1.54) is 50.0 Å². The molecule has 0 aliphatic heterocycles. The molecule has 5 aromatic rings. The van der Waals surface area contributed by atoms with Gasteiger partial charge >= 0.3 is 0 Å². The zero-order valence-corrected chi connectivity index (χ0v) is 17.3. The third-order valence-corrected chi connectivity index (χ3v) is 6.67. The van der Waals surface area contributed by atoms with Gasteiger partial charge in [-0.25, -0.2) is 0 Å². The van der Waals surface area contributed by atoms with Gasteiger partial charge in [0.15, 0.2) is 0 Å². The number of nitrogens with zero attached hydrogens (tertiary/aromatic N) is 1. The van der Waals surface area contributed by atoms with E-state index in [0.29, 0.717) is 0 Å². The van der Waals surface area contributed by atoms with Crippen molar-refractivity contribution in [3.63, 3.8) is 0 Å². The molecule has 144 valence electrons. The number of aromatic nitrogens is 1. The van der Waals surface area contributed by atoms with E-state index in [4.69, 9.17) is 0 Å². The van der Waals surface area contributed by atoms with Crippen molar-refractivity contribution in [1.29, 1.82) is 0 Å². The molecule has 1 heteroatoms. The molecule has 1 aliphatic carbocycles. The Balaban J connectivity index is 1.50. The lowest BCUT2D eigenvalue weighted by atomic mass is 9.82. The van der Waals surface area contributed by atoms with Crippen molar-refractivity contribution in [2.24, 2.45) is 0 Å². The van der Waals surface area contributed by atoms with Gasteiger partial charge in [-0.3, -0.25) is 0 Å². The molecule has 0 spiro atoms. The highest BCUT2D eigenvalue weighted by Crippen LogP contribution is 2.51. The lowest BCUT2D eigenvalue weighted by Crippen LogP contribution is -2.14. The lowest BCUT2D eigenvalue weighted by Gasteiger charge is -2.21. The van der Waals surface area contributed by atoms with Crippen molar-refractivity contribution in [3.8, 4) is 27.9 Å². The van der Waals surface area contributed by atoms with Crippen molar-refractivity contribution in [2.75, 3.05) is 0 Å². The van der Waals surface area contributed by atoms with E-state index in [9.17, 15) is 0 Å². The van der Waals surface area contributed by atoms with Gasteiger partial charge in [-0.1, -0.05) is 86.6 Å². The molecule has 0 bridgehead atoms. The Morgan fingerprint density at radius 2 is 1.30 bits per heavy atom. The minimum atomic E-state index is 0.0412. The second-order valence-electron chi connectivity index (χ2n) is 8.69. The SMILES string of the molecule is CC1(C)c2ccccc2-c2c1ccc1c2ccn1-c1ccc(-c2ccccc2)cc1. The Morgan fingerprint density at radius 1 is 0.600 bits per heavy atom. The second kappa shape index (κ2) is 6.21. The molecular formula is C29H23N. The highest BCUT2D eigenvalue weighted by Gasteiger charge is 2.36. The summed E-state index contributed by atoms with van der Waals surface area (Å²) in [7, 11) is 0. The number of hydrogen-bond acceptors (Lipinski definition) is 0. The van der Waals surface area contributed by atoms with Crippen molar-refractivity contribution in [2.45, 2.75) is 19.3 Å². The minimum absolute atomic E-state index is 0.0412. The second-order valence-corrected chi connectivity index (χ2v) is 8.69. The van der Waals surface area contributed by atoms with E-state index in [2.05, 4.69) is 122 Å². The van der Waals surface area contributed by atoms with Gasteiger partial charge in [0.1, 0.15) is 0 Å². The fourth-order valence-electron chi connectivity index (χ4n) is 5.09. The predicted molar refractivity (Wildman–Crippen MR) is 126 cm³/mol. The summed E-state index contributed by atoms with van der Waals surface area (Å²) >= 11 is 0. The highest BCUT2D eigenvalue weighted by atomic mass is 15.0. The molecule has 1 aliphatic rings. The Labute approximate surface area is 177 Å². The molecule has 30 heavy (non-hydrogen) atoms. The topological polar surface area (TPSA) is 4.93 Å². The van der Waals surface area contributed by atoms with Crippen LogP contribution in [0, 0.1) is 0 Å². The summed E-state index contributed by atoms with van der Waals surface area (Å²) in [5.74, 6) is 0. The molecule has 6 rings (SSSR count). The zero-order valence-electron chi connectivity index (χ0n) is 17.3. The summed E-state index contributed by atoms with van der Waals surface area (Å²) in [5, 5.41) is 1.33. The van der Waals surface area contributed by atoms with Crippen LogP contribution in [0.1, 0.15) is 25.0 Å². The first-order chi connectivity index (χ1) is 14.6. The largest absolute Gasteiger partial charge is 0.317 e. The van der Waals surface area contributed by atoms with Crippen LogP contribution in [0.3, 0.4) is 0 Å². The van der Waals surface area contributed by atoms with E-state index < -0.39 is 0 Å². The van der Waals surface area contributed by atoms with Crippen LogP contribution in [0.5, 0.6) is 0 Å². The van der Waals surface area contributed by atoms with E-state index in [-0.39, 0.29) is 5.41 Å². The normalized spacial score (nSPS) is 13.9. The molecule has 4 aromatic carbocycles. The van der Waals surface area contributed by atoms with E-state index in [0.717, 1.165) is 0 Å². The van der Waals surface area contributed by atoms with Crippen molar-refractivity contribution in [3.05, 3.63) is 114 Å². The van der Waals surface area contributed by atoms with Gasteiger partial charge in [0.05, 0.1) is 5.52 Å². The summed E-state index contributed by atoms with van der Waals surface area (Å²) in [6.07, 6.45) is 2.20. The summed E-state index contributed by atoms with van der Waals surface area (Å²) < 4.78 is 2.30. The van der Waals surface area contributed by atoms with Gasteiger partial charge in [0, 0.05) is 22.7 Å². The maximum Gasteiger partial charge on any atom is 0.0534 e. The number of rotatable bonds is 2. The van der Waals surface area contributed by atoms with Crippen LogP contribution in [0.2, 0.25) is 0 Å². The molecule has 1 nitrogen and oxygen atoms in total. The summed E-state index contributed by atoms with van der Waals surface area (Å²) in [4.78, 5) is 0. The van der Waals surface area contributed by atoms with Crippen LogP contribution in [0.15, 0.2) is 103 Å². The maximum atomic E-state index is 2.34. The van der Waals surface area contributed by atoms with Crippen LogP contribution in [0.4, 0.5) is 0 Å².